The highest BCUT2D eigenvalue weighted by atomic mass is 32.1. The van der Waals surface area contributed by atoms with Crippen LogP contribution in [-0.2, 0) is 0 Å². The summed E-state index contributed by atoms with van der Waals surface area (Å²) in [4.78, 5) is 16.1. The normalized spacial score (nSPS) is 12.4. The molecule has 0 spiro atoms. The molecule has 0 fully saturated rings. The van der Waals surface area contributed by atoms with Gasteiger partial charge >= 0.3 is 6.03 Å². The summed E-state index contributed by atoms with van der Waals surface area (Å²) < 4.78 is 24.7. The van der Waals surface area contributed by atoms with Crippen molar-refractivity contribution in [1.82, 2.24) is 4.98 Å². The molecule has 2 amide bonds. The minimum absolute atomic E-state index is 0.169. The second-order valence-electron chi connectivity index (χ2n) is 4.75. The number of anilines is 2. The zero-order valence-electron chi connectivity index (χ0n) is 11.6. The van der Waals surface area contributed by atoms with E-state index in [1.807, 2.05) is 0 Å². The second-order valence-corrected chi connectivity index (χ2v) is 5.78. The number of benzene rings is 2. The molecule has 2 N–H and O–H groups in total. The first kappa shape index (κ1) is 13.8. The number of rotatable bonds is 2. The molecule has 2 heterocycles. The Kier molecular flexibility index (Phi) is 3.23. The van der Waals surface area contributed by atoms with Crippen LogP contribution in [0.5, 0.6) is 11.5 Å². The van der Waals surface area contributed by atoms with Gasteiger partial charge in [-0.15, -0.1) is 0 Å². The summed E-state index contributed by atoms with van der Waals surface area (Å²) in [5.41, 5.74) is 0.801. The number of carbonyl (C=O) groups excluding carboxylic acids is 1. The first-order valence-corrected chi connectivity index (χ1v) is 7.53. The lowest BCUT2D eigenvalue weighted by molar-refractivity contribution is 0.174. The van der Waals surface area contributed by atoms with Crippen molar-refractivity contribution in [2.75, 3.05) is 17.4 Å². The molecule has 0 saturated carbocycles. The van der Waals surface area contributed by atoms with Crippen LogP contribution in [0.4, 0.5) is 20.0 Å². The molecule has 6 nitrogen and oxygen atoms in total. The van der Waals surface area contributed by atoms with Crippen LogP contribution in [0.25, 0.3) is 10.2 Å². The third kappa shape index (κ3) is 2.64. The number of hydrogen-bond acceptors (Lipinski definition) is 5. The van der Waals surface area contributed by atoms with Crippen molar-refractivity contribution in [1.29, 1.82) is 0 Å². The van der Waals surface area contributed by atoms with Crippen LogP contribution in [0, 0.1) is 5.82 Å². The minimum atomic E-state index is -0.469. The van der Waals surface area contributed by atoms with Gasteiger partial charge in [0.25, 0.3) is 0 Å². The van der Waals surface area contributed by atoms with Crippen molar-refractivity contribution < 1.29 is 18.7 Å². The van der Waals surface area contributed by atoms with E-state index in [1.54, 1.807) is 30.3 Å². The van der Waals surface area contributed by atoms with Crippen LogP contribution in [0.3, 0.4) is 0 Å². The molecule has 1 aliphatic rings. The third-order valence-electron chi connectivity index (χ3n) is 3.22. The molecule has 0 saturated heterocycles. The van der Waals surface area contributed by atoms with Crippen LogP contribution in [0.15, 0.2) is 36.4 Å². The topological polar surface area (TPSA) is 72.5 Å². The summed E-state index contributed by atoms with van der Waals surface area (Å²) >= 11 is 1.20. The quantitative estimate of drug-likeness (QED) is 0.749. The molecular formula is C15H10FN3O3S. The maximum atomic E-state index is 13.6. The molecule has 4 rings (SSSR count). The summed E-state index contributed by atoms with van der Waals surface area (Å²) in [5, 5.41) is 5.58. The molecule has 3 aromatic rings. The summed E-state index contributed by atoms with van der Waals surface area (Å²) in [6.07, 6.45) is 0. The van der Waals surface area contributed by atoms with Gasteiger partial charge in [-0.2, -0.15) is 0 Å². The maximum Gasteiger partial charge on any atom is 0.325 e. The van der Waals surface area contributed by atoms with Gasteiger partial charge in [-0.3, -0.25) is 5.32 Å². The molecule has 0 bridgehead atoms. The van der Waals surface area contributed by atoms with Gasteiger partial charge in [0.1, 0.15) is 11.3 Å². The number of fused-ring (bicyclic) bond motifs is 2. The summed E-state index contributed by atoms with van der Waals surface area (Å²) in [5.74, 6) is 0.797. The van der Waals surface area contributed by atoms with E-state index in [1.165, 1.54) is 17.4 Å². The number of para-hydroxylation sites is 1. The second kappa shape index (κ2) is 5.40. The molecule has 2 aromatic carbocycles. The lowest BCUT2D eigenvalue weighted by atomic mass is 10.3. The Morgan fingerprint density at radius 1 is 1.17 bits per heavy atom. The largest absolute Gasteiger partial charge is 0.454 e. The van der Waals surface area contributed by atoms with Gasteiger partial charge in [0, 0.05) is 11.8 Å². The summed E-state index contributed by atoms with van der Waals surface area (Å²) in [7, 11) is 0. The van der Waals surface area contributed by atoms with Gasteiger partial charge in [-0.25, -0.2) is 14.2 Å². The van der Waals surface area contributed by atoms with E-state index in [-0.39, 0.29) is 12.3 Å². The van der Waals surface area contributed by atoms with E-state index < -0.39 is 11.8 Å². The minimum Gasteiger partial charge on any atom is -0.454 e. The standard InChI is InChI=1S/C15H10FN3O3S/c16-9-2-1-3-12-13(9)18-15(23-12)19-14(20)17-8-4-5-10-11(6-8)22-7-21-10/h1-6H,7H2,(H2,17,18,19,20). The fraction of sp³-hybridized carbons (Fsp3) is 0.0667. The van der Waals surface area contributed by atoms with Gasteiger partial charge < -0.3 is 14.8 Å². The highest BCUT2D eigenvalue weighted by Gasteiger charge is 2.15. The predicted octanol–water partition coefficient (Wildman–Crippen LogP) is 3.81. The van der Waals surface area contributed by atoms with E-state index in [0.29, 0.717) is 27.0 Å². The van der Waals surface area contributed by atoms with E-state index in [4.69, 9.17) is 9.47 Å². The molecule has 1 aromatic heterocycles. The number of hydrogen-bond donors (Lipinski definition) is 2. The van der Waals surface area contributed by atoms with Crippen molar-refractivity contribution in [3.8, 4) is 11.5 Å². The Balaban J connectivity index is 1.49. The zero-order valence-corrected chi connectivity index (χ0v) is 12.4. The van der Waals surface area contributed by atoms with Crippen LogP contribution in [-0.4, -0.2) is 17.8 Å². The summed E-state index contributed by atoms with van der Waals surface area (Å²) in [6.45, 7) is 0.169. The lowest BCUT2D eigenvalue weighted by Gasteiger charge is -2.06. The lowest BCUT2D eigenvalue weighted by Crippen LogP contribution is -2.19. The van der Waals surface area contributed by atoms with Crippen LogP contribution in [0.2, 0.25) is 0 Å². The van der Waals surface area contributed by atoms with E-state index >= 15 is 0 Å². The number of aromatic nitrogens is 1. The van der Waals surface area contributed by atoms with Crippen LogP contribution in [0.1, 0.15) is 0 Å². The molecular weight excluding hydrogens is 321 g/mol. The monoisotopic (exact) mass is 331 g/mol. The van der Waals surface area contributed by atoms with Gasteiger partial charge in [-0.05, 0) is 24.3 Å². The number of carbonyl (C=O) groups is 1. The molecule has 0 unspecified atom stereocenters. The van der Waals surface area contributed by atoms with Crippen molar-refractivity contribution in [3.63, 3.8) is 0 Å². The van der Waals surface area contributed by atoms with Gasteiger partial charge in [0.05, 0.1) is 4.70 Å². The Labute approximate surface area is 133 Å². The third-order valence-corrected chi connectivity index (χ3v) is 4.16. The molecule has 0 aliphatic carbocycles. The number of amides is 2. The van der Waals surface area contributed by atoms with E-state index in [2.05, 4.69) is 15.6 Å². The van der Waals surface area contributed by atoms with Crippen molar-refractivity contribution >= 4 is 38.4 Å². The number of nitrogens with zero attached hydrogens (tertiary/aromatic N) is 1. The first-order valence-electron chi connectivity index (χ1n) is 6.72. The summed E-state index contributed by atoms with van der Waals surface area (Å²) in [6, 6.07) is 9.29. The van der Waals surface area contributed by atoms with Crippen molar-refractivity contribution in [2.45, 2.75) is 0 Å². The van der Waals surface area contributed by atoms with Gasteiger partial charge in [0.15, 0.2) is 16.6 Å². The predicted molar refractivity (Wildman–Crippen MR) is 84.8 cm³/mol. The fourth-order valence-electron chi connectivity index (χ4n) is 2.20. The van der Waals surface area contributed by atoms with Crippen molar-refractivity contribution in [3.05, 3.63) is 42.2 Å². The molecule has 0 radical (unpaired) electrons. The molecule has 8 heteroatoms. The van der Waals surface area contributed by atoms with Crippen LogP contribution < -0.4 is 20.1 Å². The fourth-order valence-corrected chi connectivity index (χ4v) is 3.08. The molecule has 1 aliphatic heterocycles. The molecule has 0 atom stereocenters. The zero-order chi connectivity index (χ0) is 15.8. The number of urea groups is 1. The van der Waals surface area contributed by atoms with E-state index in [0.717, 1.165) is 0 Å². The Morgan fingerprint density at radius 2 is 2.04 bits per heavy atom. The maximum absolute atomic E-state index is 13.6. The van der Waals surface area contributed by atoms with Crippen molar-refractivity contribution in [2.24, 2.45) is 0 Å². The highest BCUT2D eigenvalue weighted by Crippen LogP contribution is 2.34. The number of halogens is 1. The Bertz CT molecular complexity index is 912. The number of thiazole rings is 1. The molecule has 116 valence electrons. The number of nitrogens with one attached hydrogen (secondary N) is 2. The van der Waals surface area contributed by atoms with Crippen LogP contribution >= 0.6 is 11.3 Å². The number of ether oxygens (including phenoxy) is 2. The average Bonchev–Trinajstić information content (AvgIpc) is 3.13. The van der Waals surface area contributed by atoms with E-state index in [9.17, 15) is 9.18 Å². The van der Waals surface area contributed by atoms with Gasteiger partial charge in [-0.1, -0.05) is 17.4 Å². The van der Waals surface area contributed by atoms with Gasteiger partial charge in [0.2, 0.25) is 6.79 Å². The first-order chi connectivity index (χ1) is 11.2. The molecule has 23 heavy (non-hydrogen) atoms. The SMILES string of the molecule is O=C(Nc1ccc2c(c1)OCO2)Nc1nc2c(F)cccc2s1. The Morgan fingerprint density at radius 3 is 2.91 bits per heavy atom. The average molecular weight is 331 g/mol. The highest BCUT2D eigenvalue weighted by molar-refractivity contribution is 7.22. The smallest absolute Gasteiger partial charge is 0.325 e. The Hall–Kier alpha value is -2.87.